The Balaban J connectivity index is 1.47. The van der Waals surface area contributed by atoms with Crippen molar-refractivity contribution in [2.75, 3.05) is 12.4 Å². The molecular weight excluding hydrogens is 621 g/mol. The number of hydrogen-bond acceptors (Lipinski definition) is 6. The molecular formula is C31H26IN3O3S. The Labute approximate surface area is 245 Å². The van der Waals surface area contributed by atoms with Crippen molar-refractivity contribution >= 4 is 56.7 Å². The lowest BCUT2D eigenvalue weighted by molar-refractivity contribution is 0.102. The molecule has 0 unspecified atom stereocenters. The molecule has 3 aromatic carbocycles. The standard InChI is InChI=1S/C31H26IN3O3S/c1-37-26-16-23(32)15-22(29(26)38-19-21-13-11-20(17-33)12-14-21)18-34-31-28(25-9-5-6-10-27(25)39-31)30(36)35-24-7-3-2-4-8-24/h2-4,7-8,11-16,18H,5-6,9-10,19H2,1H3,(H,35,36). The van der Waals surface area contributed by atoms with Crippen LogP contribution in [0.5, 0.6) is 11.5 Å². The molecule has 0 saturated heterocycles. The fourth-order valence-corrected chi connectivity index (χ4v) is 6.39. The average Bonchev–Trinajstić information content (AvgIpc) is 3.34. The van der Waals surface area contributed by atoms with Crippen LogP contribution >= 0.6 is 33.9 Å². The number of amides is 1. The number of halogens is 1. The molecule has 1 amide bonds. The summed E-state index contributed by atoms with van der Waals surface area (Å²) >= 11 is 3.84. The van der Waals surface area contributed by atoms with E-state index in [9.17, 15) is 4.79 Å². The molecule has 0 fully saturated rings. The van der Waals surface area contributed by atoms with Gasteiger partial charge in [-0.25, -0.2) is 4.99 Å². The van der Waals surface area contributed by atoms with Gasteiger partial charge in [0.15, 0.2) is 11.5 Å². The molecule has 4 aromatic rings. The van der Waals surface area contributed by atoms with Crippen LogP contribution in [0.25, 0.3) is 0 Å². The predicted molar refractivity (Wildman–Crippen MR) is 164 cm³/mol. The highest BCUT2D eigenvalue weighted by atomic mass is 127. The molecule has 1 aliphatic carbocycles. The van der Waals surface area contributed by atoms with Gasteiger partial charge in [0.1, 0.15) is 11.6 Å². The second kappa shape index (κ2) is 12.5. The predicted octanol–water partition coefficient (Wildman–Crippen LogP) is 7.69. The van der Waals surface area contributed by atoms with E-state index in [-0.39, 0.29) is 5.91 Å². The van der Waals surface area contributed by atoms with Crippen LogP contribution in [-0.2, 0) is 19.4 Å². The monoisotopic (exact) mass is 647 g/mol. The first-order chi connectivity index (χ1) is 19.1. The van der Waals surface area contributed by atoms with Crippen molar-refractivity contribution in [3.8, 4) is 17.6 Å². The van der Waals surface area contributed by atoms with E-state index >= 15 is 0 Å². The number of ether oxygens (including phenoxy) is 2. The maximum atomic E-state index is 13.5. The van der Waals surface area contributed by atoms with Gasteiger partial charge in [0, 0.05) is 25.9 Å². The number of methoxy groups -OCH3 is 1. The number of carbonyl (C=O) groups is 1. The molecule has 1 aliphatic rings. The van der Waals surface area contributed by atoms with Crippen molar-refractivity contribution in [3.05, 3.63) is 103 Å². The molecule has 1 N–H and O–H groups in total. The number of aliphatic imine (C=N–C) groups is 1. The number of benzene rings is 3. The number of aryl methyl sites for hydroxylation is 1. The summed E-state index contributed by atoms with van der Waals surface area (Å²) in [5.41, 5.74) is 4.83. The minimum Gasteiger partial charge on any atom is -0.493 e. The Kier molecular flexibility index (Phi) is 8.59. The summed E-state index contributed by atoms with van der Waals surface area (Å²) in [4.78, 5) is 19.6. The molecule has 39 heavy (non-hydrogen) atoms. The van der Waals surface area contributed by atoms with Crippen molar-refractivity contribution in [1.29, 1.82) is 5.26 Å². The number of nitriles is 1. The fourth-order valence-electron chi connectivity index (χ4n) is 4.54. The molecule has 1 heterocycles. The van der Waals surface area contributed by atoms with E-state index in [2.05, 4.69) is 34.0 Å². The van der Waals surface area contributed by atoms with Gasteiger partial charge < -0.3 is 14.8 Å². The summed E-state index contributed by atoms with van der Waals surface area (Å²) in [6.07, 6.45) is 5.80. The average molecular weight is 648 g/mol. The quantitative estimate of drug-likeness (QED) is 0.157. The highest BCUT2D eigenvalue weighted by Crippen LogP contribution is 2.41. The number of thiophene rings is 1. The Morgan fingerprint density at radius 3 is 2.64 bits per heavy atom. The summed E-state index contributed by atoms with van der Waals surface area (Å²) < 4.78 is 12.8. The first-order valence-electron chi connectivity index (χ1n) is 12.6. The molecule has 0 spiro atoms. The number of fused-ring (bicyclic) bond motifs is 1. The molecule has 0 aliphatic heterocycles. The number of rotatable bonds is 8. The molecule has 196 valence electrons. The van der Waals surface area contributed by atoms with Crippen LogP contribution in [0.4, 0.5) is 10.7 Å². The van der Waals surface area contributed by atoms with Crippen LogP contribution in [0.2, 0.25) is 0 Å². The van der Waals surface area contributed by atoms with Crippen molar-refractivity contribution < 1.29 is 14.3 Å². The first-order valence-corrected chi connectivity index (χ1v) is 14.5. The van der Waals surface area contributed by atoms with Gasteiger partial charge in [-0.05, 0) is 95.8 Å². The van der Waals surface area contributed by atoms with E-state index in [0.29, 0.717) is 34.2 Å². The zero-order valence-corrected chi connectivity index (χ0v) is 24.3. The maximum Gasteiger partial charge on any atom is 0.259 e. The van der Waals surface area contributed by atoms with Crippen LogP contribution in [0, 0.1) is 14.9 Å². The van der Waals surface area contributed by atoms with Gasteiger partial charge in [0.05, 0.1) is 24.3 Å². The molecule has 1 aromatic heterocycles. The lowest BCUT2D eigenvalue weighted by Gasteiger charge is -2.14. The molecule has 0 bridgehead atoms. The van der Waals surface area contributed by atoms with E-state index in [1.807, 2.05) is 54.6 Å². The zero-order chi connectivity index (χ0) is 27.2. The van der Waals surface area contributed by atoms with E-state index < -0.39 is 0 Å². The minimum atomic E-state index is -0.134. The highest BCUT2D eigenvalue weighted by Gasteiger charge is 2.25. The smallest absolute Gasteiger partial charge is 0.259 e. The van der Waals surface area contributed by atoms with Gasteiger partial charge in [0.25, 0.3) is 5.91 Å². The van der Waals surface area contributed by atoms with Gasteiger partial charge in [0.2, 0.25) is 0 Å². The highest BCUT2D eigenvalue weighted by molar-refractivity contribution is 14.1. The van der Waals surface area contributed by atoms with Crippen LogP contribution in [0.1, 0.15) is 50.3 Å². The maximum absolute atomic E-state index is 13.5. The minimum absolute atomic E-state index is 0.134. The lowest BCUT2D eigenvalue weighted by Crippen LogP contribution is -2.14. The summed E-state index contributed by atoms with van der Waals surface area (Å²) in [6, 6.07) is 22.8. The zero-order valence-electron chi connectivity index (χ0n) is 21.4. The second-order valence-corrected chi connectivity index (χ2v) is 11.4. The van der Waals surface area contributed by atoms with Crippen molar-refractivity contribution in [1.82, 2.24) is 0 Å². The summed E-state index contributed by atoms with van der Waals surface area (Å²) in [5, 5.41) is 12.8. The number of nitrogens with one attached hydrogen (secondary N) is 1. The number of nitrogens with zero attached hydrogens (tertiary/aromatic N) is 2. The number of carbonyl (C=O) groups excluding carboxylic acids is 1. The molecule has 8 heteroatoms. The van der Waals surface area contributed by atoms with Crippen LogP contribution in [-0.4, -0.2) is 19.2 Å². The topological polar surface area (TPSA) is 83.7 Å². The Morgan fingerprint density at radius 1 is 1.13 bits per heavy atom. The second-order valence-electron chi connectivity index (χ2n) is 9.09. The van der Waals surface area contributed by atoms with E-state index in [1.54, 1.807) is 36.8 Å². The van der Waals surface area contributed by atoms with Gasteiger partial charge in [-0.2, -0.15) is 5.26 Å². The molecule has 0 radical (unpaired) electrons. The third-order valence-corrected chi connectivity index (χ3v) is 8.29. The van der Waals surface area contributed by atoms with Crippen LogP contribution < -0.4 is 14.8 Å². The Bertz CT molecular complexity index is 1560. The van der Waals surface area contributed by atoms with Crippen molar-refractivity contribution in [2.24, 2.45) is 4.99 Å². The fraction of sp³-hybridized carbons (Fsp3) is 0.194. The molecule has 5 rings (SSSR count). The molecule has 0 saturated carbocycles. The van der Waals surface area contributed by atoms with E-state index in [1.165, 1.54) is 4.88 Å². The van der Waals surface area contributed by atoms with Gasteiger partial charge >= 0.3 is 0 Å². The largest absolute Gasteiger partial charge is 0.493 e. The van der Waals surface area contributed by atoms with Crippen molar-refractivity contribution in [2.45, 2.75) is 32.3 Å². The summed E-state index contributed by atoms with van der Waals surface area (Å²) in [5.74, 6) is 1.04. The first kappa shape index (κ1) is 26.9. The van der Waals surface area contributed by atoms with Gasteiger partial charge in [-0.15, -0.1) is 11.3 Å². The summed E-state index contributed by atoms with van der Waals surface area (Å²) in [7, 11) is 1.61. The van der Waals surface area contributed by atoms with Crippen molar-refractivity contribution in [3.63, 3.8) is 0 Å². The SMILES string of the molecule is COc1cc(I)cc(C=Nc2sc3c(c2C(=O)Nc2ccccc2)CCCC3)c1OCc1ccc(C#N)cc1. The van der Waals surface area contributed by atoms with E-state index in [4.69, 9.17) is 19.7 Å². The third-order valence-electron chi connectivity index (χ3n) is 6.47. The van der Waals surface area contributed by atoms with Crippen LogP contribution in [0.3, 0.4) is 0 Å². The third kappa shape index (κ3) is 6.32. The number of anilines is 1. The number of hydrogen-bond donors (Lipinski definition) is 1. The Morgan fingerprint density at radius 2 is 1.90 bits per heavy atom. The normalized spacial score (nSPS) is 12.5. The Hall–Kier alpha value is -3.68. The number of para-hydroxylation sites is 1. The molecule has 0 atom stereocenters. The van der Waals surface area contributed by atoms with Crippen LogP contribution in [0.15, 0.2) is 71.7 Å². The van der Waals surface area contributed by atoms with E-state index in [0.717, 1.165) is 51.6 Å². The van der Waals surface area contributed by atoms with Gasteiger partial charge in [-0.1, -0.05) is 30.3 Å². The molecule has 6 nitrogen and oxygen atoms in total. The lowest BCUT2D eigenvalue weighted by atomic mass is 9.95. The summed E-state index contributed by atoms with van der Waals surface area (Å²) in [6.45, 7) is 0.307. The van der Waals surface area contributed by atoms with Gasteiger partial charge in [-0.3, -0.25) is 4.79 Å².